The molecule has 1 aromatic carbocycles. The molecule has 0 saturated heterocycles. The third-order valence-electron chi connectivity index (χ3n) is 3.49. The lowest BCUT2D eigenvalue weighted by Gasteiger charge is -2.28. The number of ether oxygens (including phenoxy) is 1. The molecule has 9 nitrogen and oxygen atoms in total. The number of anilines is 1. The van der Waals surface area contributed by atoms with Crippen molar-refractivity contribution in [2.24, 2.45) is 0 Å². The van der Waals surface area contributed by atoms with E-state index < -0.39 is 17.4 Å². The van der Waals surface area contributed by atoms with Crippen molar-refractivity contribution in [1.29, 1.82) is 0 Å². The number of para-hydroxylation sites is 2. The molecule has 0 saturated carbocycles. The quantitative estimate of drug-likeness (QED) is 0.653. The Labute approximate surface area is 141 Å². The fourth-order valence-corrected chi connectivity index (χ4v) is 2.30. The molecule has 128 valence electrons. The number of hydrazine groups is 1. The van der Waals surface area contributed by atoms with E-state index in [0.717, 1.165) is 0 Å². The number of amides is 3. The van der Waals surface area contributed by atoms with Gasteiger partial charge in [-0.05, 0) is 24.3 Å². The Balaban J connectivity index is 1.63. The second-order valence-corrected chi connectivity index (χ2v) is 5.15. The number of rotatable bonds is 3. The molecule has 0 aliphatic carbocycles. The van der Waals surface area contributed by atoms with Crippen LogP contribution in [0.15, 0.2) is 47.4 Å². The van der Waals surface area contributed by atoms with Crippen molar-refractivity contribution in [3.8, 4) is 5.75 Å². The number of nitrogens with one attached hydrogen (secondary N) is 3. The Morgan fingerprint density at radius 2 is 1.92 bits per heavy atom. The summed E-state index contributed by atoms with van der Waals surface area (Å²) in [6, 6.07) is 9.63. The Morgan fingerprint density at radius 1 is 1.12 bits per heavy atom. The van der Waals surface area contributed by atoms with Crippen LogP contribution in [0.5, 0.6) is 5.75 Å². The summed E-state index contributed by atoms with van der Waals surface area (Å²) in [6.45, 7) is -0.472. The van der Waals surface area contributed by atoms with Crippen LogP contribution in [0.1, 0.15) is 10.4 Å². The van der Waals surface area contributed by atoms with Crippen molar-refractivity contribution >= 4 is 23.4 Å². The molecule has 3 rings (SSSR count). The van der Waals surface area contributed by atoms with Gasteiger partial charge in [0.15, 0.2) is 6.61 Å². The van der Waals surface area contributed by atoms with Gasteiger partial charge in [-0.25, -0.2) is 0 Å². The van der Waals surface area contributed by atoms with Gasteiger partial charge in [0.25, 0.3) is 23.3 Å². The van der Waals surface area contributed by atoms with Crippen molar-refractivity contribution in [1.82, 2.24) is 15.8 Å². The maximum atomic E-state index is 12.0. The van der Waals surface area contributed by atoms with Crippen LogP contribution in [-0.4, -0.2) is 35.9 Å². The maximum absolute atomic E-state index is 12.0. The third kappa shape index (κ3) is 3.50. The first-order valence-corrected chi connectivity index (χ1v) is 7.35. The highest BCUT2D eigenvalue weighted by atomic mass is 16.5. The molecular weight excluding hydrogens is 328 g/mol. The average Bonchev–Trinajstić information content (AvgIpc) is 2.62. The second kappa shape index (κ2) is 6.87. The van der Waals surface area contributed by atoms with E-state index >= 15 is 0 Å². The highest BCUT2D eigenvalue weighted by molar-refractivity contribution is 6.02. The molecule has 9 heteroatoms. The maximum Gasteiger partial charge on any atom is 0.275 e. The lowest BCUT2D eigenvalue weighted by atomic mass is 10.2. The van der Waals surface area contributed by atoms with Crippen LogP contribution in [0, 0.1) is 0 Å². The molecule has 1 aliphatic heterocycles. The van der Waals surface area contributed by atoms with Crippen LogP contribution in [0.3, 0.4) is 0 Å². The molecule has 1 aliphatic rings. The summed E-state index contributed by atoms with van der Waals surface area (Å²) in [7, 11) is 0. The number of H-pyrrole nitrogens is 1. The smallest absolute Gasteiger partial charge is 0.275 e. The lowest BCUT2D eigenvalue weighted by Crippen LogP contribution is -2.50. The van der Waals surface area contributed by atoms with Crippen LogP contribution >= 0.6 is 0 Å². The zero-order chi connectivity index (χ0) is 17.8. The van der Waals surface area contributed by atoms with E-state index in [4.69, 9.17) is 4.74 Å². The Kier molecular flexibility index (Phi) is 4.46. The highest BCUT2D eigenvalue weighted by Gasteiger charge is 2.27. The van der Waals surface area contributed by atoms with E-state index in [0.29, 0.717) is 11.4 Å². The Bertz CT molecular complexity index is 892. The van der Waals surface area contributed by atoms with Gasteiger partial charge in [-0.1, -0.05) is 12.1 Å². The number of aromatic nitrogens is 1. The molecule has 3 N–H and O–H groups in total. The van der Waals surface area contributed by atoms with Crippen molar-refractivity contribution in [3.05, 3.63) is 58.5 Å². The van der Waals surface area contributed by atoms with Crippen molar-refractivity contribution in [2.75, 3.05) is 18.1 Å². The molecule has 1 aromatic heterocycles. The highest BCUT2D eigenvalue weighted by Crippen LogP contribution is 2.30. The van der Waals surface area contributed by atoms with E-state index in [1.807, 2.05) is 0 Å². The average molecular weight is 342 g/mol. The first-order chi connectivity index (χ1) is 12.1. The van der Waals surface area contributed by atoms with E-state index in [1.54, 1.807) is 24.3 Å². The zero-order valence-corrected chi connectivity index (χ0v) is 12.9. The molecule has 2 heterocycles. The molecule has 0 fully saturated rings. The number of pyridine rings is 1. The summed E-state index contributed by atoms with van der Waals surface area (Å²) in [5.41, 5.74) is 4.07. The van der Waals surface area contributed by atoms with Gasteiger partial charge in [-0.2, -0.15) is 0 Å². The number of carbonyl (C=O) groups is 3. The SMILES string of the molecule is O=C(CN1C(=O)COc2ccccc21)NNC(=O)c1ccc[nH]c1=O. The Hall–Kier alpha value is -3.62. The first-order valence-electron chi connectivity index (χ1n) is 7.35. The Morgan fingerprint density at radius 3 is 2.72 bits per heavy atom. The predicted octanol–water partition coefficient (Wildman–Crippen LogP) is -0.439. The van der Waals surface area contributed by atoms with Gasteiger partial charge >= 0.3 is 0 Å². The molecule has 3 amide bonds. The minimum atomic E-state index is -0.760. The summed E-state index contributed by atoms with van der Waals surface area (Å²) >= 11 is 0. The fourth-order valence-electron chi connectivity index (χ4n) is 2.30. The molecule has 0 spiro atoms. The number of hydrogen-bond donors (Lipinski definition) is 3. The van der Waals surface area contributed by atoms with Crippen LogP contribution in [0.2, 0.25) is 0 Å². The molecule has 2 aromatic rings. The van der Waals surface area contributed by atoms with Crippen molar-refractivity contribution in [2.45, 2.75) is 0 Å². The number of fused-ring (bicyclic) bond motifs is 1. The largest absolute Gasteiger partial charge is 0.482 e. The van der Waals surface area contributed by atoms with E-state index in [-0.39, 0.29) is 24.6 Å². The molecule has 0 bridgehead atoms. The van der Waals surface area contributed by atoms with E-state index in [9.17, 15) is 19.2 Å². The van der Waals surface area contributed by atoms with Gasteiger partial charge < -0.3 is 9.72 Å². The minimum absolute atomic E-state index is 0.143. The summed E-state index contributed by atoms with van der Waals surface area (Å²) in [5, 5.41) is 0. The molecular formula is C16H14N4O5. The van der Waals surface area contributed by atoms with E-state index in [1.165, 1.54) is 23.2 Å². The van der Waals surface area contributed by atoms with Gasteiger partial charge in [-0.3, -0.25) is 34.9 Å². The minimum Gasteiger partial charge on any atom is -0.482 e. The molecule has 0 unspecified atom stereocenters. The van der Waals surface area contributed by atoms with Gasteiger partial charge in [-0.15, -0.1) is 0 Å². The number of benzene rings is 1. The lowest BCUT2D eigenvalue weighted by molar-refractivity contribution is -0.125. The van der Waals surface area contributed by atoms with Gasteiger partial charge in [0.05, 0.1) is 5.69 Å². The van der Waals surface area contributed by atoms with Crippen LogP contribution in [0.25, 0.3) is 0 Å². The number of nitrogens with zero attached hydrogens (tertiary/aromatic N) is 1. The summed E-state index contributed by atoms with van der Waals surface area (Å²) in [6.07, 6.45) is 1.39. The van der Waals surface area contributed by atoms with Crippen molar-refractivity contribution in [3.63, 3.8) is 0 Å². The molecule has 0 atom stereocenters. The summed E-state index contributed by atoms with van der Waals surface area (Å²) in [4.78, 5) is 51.0. The van der Waals surface area contributed by atoms with Crippen molar-refractivity contribution < 1.29 is 19.1 Å². The molecule has 0 radical (unpaired) electrons. The summed E-state index contributed by atoms with van der Waals surface area (Å²) in [5.74, 6) is -1.26. The van der Waals surface area contributed by atoms with Gasteiger partial charge in [0, 0.05) is 6.20 Å². The standard InChI is InChI=1S/C16H14N4O5/c21-13(18-19-16(24)10-4-3-7-17-15(10)23)8-20-11-5-1-2-6-12(11)25-9-14(20)22/h1-7H,8-9H2,(H,17,23)(H,18,21)(H,19,24). The third-order valence-corrected chi connectivity index (χ3v) is 3.49. The zero-order valence-electron chi connectivity index (χ0n) is 12.9. The first kappa shape index (κ1) is 16.2. The number of aromatic amines is 1. The normalized spacial score (nSPS) is 12.8. The van der Waals surface area contributed by atoms with Crippen LogP contribution in [0.4, 0.5) is 5.69 Å². The second-order valence-electron chi connectivity index (χ2n) is 5.15. The topological polar surface area (TPSA) is 121 Å². The van der Waals surface area contributed by atoms with Crippen LogP contribution in [-0.2, 0) is 9.59 Å². The predicted molar refractivity (Wildman–Crippen MR) is 87.0 cm³/mol. The monoisotopic (exact) mass is 342 g/mol. The van der Waals surface area contributed by atoms with E-state index in [2.05, 4.69) is 15.8 Å². The number of carbonyl (C=O) groups excluding carboxylic acids is 3. The summed E-state index contributed by atoms with van der Waals surface area (Å²) < 4.78 is 5.29. The number of hydrogen-bond acceptors (Lipinski definition) is 5. The van der Waals surface area contributed by atoms with Gasteiger partial charge in [0.1, 0.15) is 17.9 Å². The van der Waals surface area contributed by atoms with Gasteiger partial charge in [0.2, 0.25) is 0 Å². The molecule has 25 heavy (non-hydrogen) atoms. The van der Waals surface area contributed by atoms with Crippen LogP contribution < -0.4 is 26.0 Å². The fraction of sp³-hybridized carbons (Fsp3) is 0.125.